The van der Waals surface area contributed by atoms with E-state index in [4.69, 9.17) is 27.9 Å². The van der Waals surface area contributed by atoms with Gasteiger partial charge in [-0.2, -0.15) is 8.78 Å². The minimum atomic E-state index is -2.93. The van der Waals surface area contributed by atoms with Crippen molar-refractivity contribution in [3.8, 4) is 5.75 Å². The Balaban J connectivity index is 1.72. The Hall–Kier alpha value is -3.42. The van der Waals surface area contributed by atoms with Crippen LogP contribution in [-0.2, 0) is 14.3 Å². The smallest absolute Gasteiger partial charge is 0.387 e. The molecule has 0 bridgehead atoms. The van der Waals surface area contributed by atoms with Gasteiger partial charge in [0.05, 0.1) is 0 Å². The number of halogens is 4. The number of hydrogen-bond donors (Lipinski definition) is 1. The lowest BCUT2D eigenvalue weighted by atomic mass is 10.1. The van der Waals surface area contributed by atoms with E-state index >= 15 is 0 Å². The molecule has 0 fully saturated rings. The zero-order valence-electron chi connectivity index (χ0n) is 16.9. The van der Waals surface area contributed by atoms with Gasteiger partial charge < -0.3 is 14.8 Å². The van der Waals surface area contributed by atoms with Gasteiger partial charge in [-0.3, -0.25) is 4.79 Å². The molecular formula is C24H17Cl2F2NO4. The highest BCUT2D eigenvalue weighted by Crippen LogP contribution is 2.25. The second kappa shape index (κ2) is 11.4. The number of rotatable bonds is 8. The molecule has 3 aromatic carbocycles. The fourth-order valence-electron chi connectivity index (χ4n) is 2.81. The molecule has 0 aliphatic carbocycles. The molecule has 3 rings (SSSR count). The number of hydrogen-bond acceptors (Lipinski definition) is 4. The van der Waals surface area contributed by atoms with E-state index in [0.717, 1.165) is 6.08 Å². The predicted octanol–water partition coefficient (Wildman–Crippen LogP) is 6.53. The predicted molar refractivity (Wildman–Crippen MR) is 122 cm³/mol. The Morgan fingerprint density at radius 2 is 1.55 bits per heavy atom. The number of esters is 1. The van der Waals surface area contributed by atoms with Crippen LogP contribution in [0.1, 0.15) is 17.2 Å². The molecule has 0 aliphatic rings. The highest BCUT2D eigenvalue weighted by molar-refractivity contribution is 6.35. The zero-order valence-corrected chi connectivity index (χ0v) is 18.4. The summed E-state index contributed by atoms with van der Waals surface area (Å²) >= 11 is 11.9. The van der Waals surface area contributed by atoms with E-state index in [1.807, 2.05) is 0 Å². The molecule has 0 saturated heterocycles. The van der Waals surface area contributed by atoms with E-state index in [1.54, 1.807) is 30.3 Å². The van der Waals surface area contributed by atoms with Gasteiger partial charge in [0.2, 0.25) is 6.10 Å². The van der Waals surface area contributed by atoms with E-state index in [9.17, 15) is 18.4 Å². The molecular weight excluding hydrogens is 475 g/mol. The van der Waals surface area contributed by atoms with Gasteiger partial charge in [0.1, 0.15) is 5.75 Å². The minimum Gasteiger partial charge on any atom is -0.444 e. The molecule has 0 aliphatic heterocycles. The number of carbonyl (C=O) groups is 2. The van der Waals surface area contributed by atoms with Crippen LogP contribution in [0.2, 0.25) is 10.0 Å². The van der Waals surface area contributed by atoms with Crippen LogP contribution in [0.15, 0.2) is 78.9 Å². The van der Waals surface area contributed by atoms with Crippen LogP contribution in [0, 0.1) is 0 Å². The van der Waals surface area contributed by atoms with Gasteiger partial charge in [0.25, 0.3) is 5.91 Å². The van der Waals surface area contributed by atoms with E-state index in [0.29, 0.717) is 26.9 Å². The molecule has 5 nitrogen and oxygen atoms in total. The first-order valence-corrected chi connectivity index (χ1v) is 10.3. The van der Waals surface area contributed by atoms with Crippen molar-refractivity contribution in [3.63, 3.8) is 0 Å². The lowest BCUT2D eigenvalue weighted by molar-refractivity contribution is -0.149. The van der Waals surface area contributed by atoms with E-state index in [1.165, 1.54) is 48.5 Å². The molecule has 1 amide bonds. The Morgan fingerprint density at radius 1 is 0.909 bits per heavy atom. The summed E-state index contributed by atoms with van der Waals surface area (Å²) in [6.45, 7) is -2.93. The van der Waals surface area contributed by atoms with Gasteiger partial charge in [0, 0.05) is 27.4 Å². The summed E-state index contributed by atoms with van der Waals surface area (Å²) in [6.07, 6.45) is 1.30. The summed E-state index contributed by atoms with van der Waals surface area (Å²) in [5.74, 6) is -1.39. The molecule has 170 valence electrons. The van der Waals surface area contributed by atoms with E-state index in [-0.39, 0.29) is 5.75 Å². The third-order valence-electron chi connectivity index (χ3n) is 4.22. The molecule has 3 aromatic rings. The molecule has 0 spiro atoms. The van der Waals surface area contributed by atoms with Gasteiger partial charge in [-0.25, -0.2) is 4.79 Å². The Labute approximate surface area is 198 Å². The largest absolute Gasteiger partial charge is 0.444 e. The number of alkyl halides is 2. The Morgan fingerprint density at radius 3 is 2.15 bits per heavy atom. The monoisotopic (exact) mass is 491 g/mol. The molecule has 9 heteroatoms. The van der Waals surface area contributed by atoms with Crippen molar-refractivity contribution in [2.75, 3.05) is 5.32 Å². The molecule has 0 heterocycles. The first kappa shape index (κ1) is 24.2. The molecule has 1 N–H and O–H groups in total. The lowest BCUT2D eigenvalue weighted by Crippen LogP contribution is -2.25. The van der Waals surface area contributed by atoms with Crippen LogP contribution in [-0.4, -0.2) is 18.5 Å². The van der Waals surface area contributed by atoms with E-state index < -0.39 is 24.6 Å². The second-order valence-corrected chi connectivity index (χ2v) is 7.53. The average Bonchev–Trinajstić information content (AvgIpc) is 2.76. The molecule has 0 aromatic heterocycles. The maximum Gasteiger partial charge on any atom is 0.387 e. The lowest BCUT2D eigenvalue weighted by Gasteiger charge is -2.17. The summed E-state index contributed by atoms with van der Waals surface area (Å²) in [5, 5.41) is 3.30. The third-order valence-corrected chi connectivity index (χ3v) is 4.66. The Bertz CT molecular complexity index is 1120. The summed E-state index contributed by atoms with van der Waals surface area (Å²) in [5.41, 5.74) is 1.34. The minimum absolute atomic E-state index is 0.00772. The van der Waals surface area contributed by atoms with Crippen molar-refractivity contribution in [3.05, 3.63) is 100 Å². The molecule has 0 unspecified atom stereocenters. The highest BCUT2D eigenvalue weighted by Gasteiger charge is 2.24. The van der Waals surface area contributed by atoms with Crippen molar-refractivity contribution in [1.29, 1.82) is 0 Å². The van der Waals surface area contributed by atoms with Crippen LogP contribution < -0.4 is 10.1 Å². The number of benzene rings is 3. The normalized spacial score (nSPS) is 11.9. The first-order valence-electron chi connectivity index (χ1n) is 9.55. The number of ether oxygens (including phenoxy) is 2. The topological polar surface area (TPSA) is 64.6 Å². The zero-order chi connectivity index (χ0) is 23.8. The van der Waals surface area contributed by atoms with Gasteiger partial charge in [-0.05, 0) is 42.0 Å². The van der Waals surface area contributed by atoms with Gasteiger partial charge >= 0.3 is 12.6 Å². The summed E-state index contributed by atoms with van der Waals surface area (Å²) in [7, 11) is 0. The molecule has 0 radical (unpaired) electrons. The highest BCUT2D eigenvalue weighted by atomic mass is 35.5. The first-order chi connectivity index (χ1) is 15.8. The van der Waals surface area contributed by atoms with Crippen molar-refractivity contribution in [2.45, 2.75) is 12.7 Å². The quantitative estimate of drug-likeness (QED) is 0.287. The fraction of sp³-hybridized carbons (Fsp3) is 0.0833. The van der Waals surface area contributed by atoms with Crippen LogP contribution in [0.5, 0.6) is 5.75 Å². The average molecular weight is 492 g/mol. The van der Waals surface area contributed by atoms with Crippen molar-refractivity contribution < 1.29 is 27.8 Å². The SMILES string of the molecule is O=C(/C=C/c1ccc(OC(F)F)cc1)O[C@H](C(=O)Nc1cc(Cl)cc(Cl)c1)c1ccccc1. The summed E-state index contributed by atoms with van der Waals surface area (Å²) < 4.78 is 34.1. The number of amides is 1. The van der Waals surface area contributed by atoms with Gasteiger partial charge in [0.15, 0.2) is 0 Å². The van der Waals surface area contributed by atoms with Gasteiger partial charge in [-0.15, -0.1) is 0 Å². The summed E-state index contributed by atoms with van der Waals surface area (Å²) in [6, 6.07) is 18.7. The van der Waals surface area contributed by atoms with Gasteiger partial charge in [-0.1, -0.05) is 65.7 Å². The van der Waals surface area contributed by atoms with E-state index in [2.05, 4.69) is 10.1 Å². The fourth-order valence-corrected chi connectivity index (χ4v) is 3.34. The number of nitrogens with one attached hydrogen (secondary N) is 1. The second-order valence-electron chi connectivity index (χ2n) is 6.66. The maximum atomic E-state index is 12.9. The Kier molecular flexibility index (Phi) is 8.40. The number of carbonyl (C=O) groups excluding carboxylic acids is 2. The number of anilines is 1. The molecule has 0 saturated carbocycles. The van der Waals surface area contributed by atoms with Crippen molar-refractivity contribution >= 4 is 46.8 Å². The maximum absolute atomic E-state index is 12.9. The third kappa shape index (κ3) is 7.59. The van der Waals surface area contributed by atoms with Crippen molar-refractivity contribution in [1.82, 2.24) is 0 Å². The standard InChI is InChI=1S/C24H17Cl2F2NO4/c25-17-12-18(26)14-19(13-17)29-23(31)22(16-4-2-1-3-5-16)33-21(30)11-8-15-6-9-20(10-7-15)32-24(27)28/h1-14,22,24H,(H,29,31)/b11-8+/t22-/m0/s1. The van der Waals surface area contributed by atoms with Crippen LogP contribution in [0.3, 0.4) is 0 Å². The summed E-state index contributed by atoms with van der Waals surface area (Å²) in [4.78, 5) is 25.3. The van der Waals surface area contributed by atoms with Crippen LogP contribution in [0.4, 0.5) is 14.5 Å². The van der Waals surface area contributed by atoms with Crippen molar-refractivity contribution in [2.24, 2.45) is 0 Å². The van der Waals surface area contributed by atoms with Crippen LogP contribution in [0.25, 0.3) is 6.08 Å². The molecule has 1 atom stereocenters. The molecule has 33 heavy (non-hydrogen) atoms. The van der Waals surface area contributed by atoms with Crippen LogP contribution >= 0.6 is 23.2 Å².